The Morgan fingerprint density at radius 1 is 0.941 bits per heavy atom. The summed E-state index contributed by atoms with van der Waals surface area (Å²) in [6, 6.07) is 2.88. The van der Waals surface area contributed by atoms with Crippen molar-refractivity contribution >= 4 is 5.97 Å². The average molecular weight is 477 g/mol. The highest BCUT2D eigenvalue weighted by atomic mass is 19.1. The fourth-order valence-corrected chi connectivity index (χ4v) is 5.69. The Morgan fingerprint density at radius 3 is 2.09 bits per heavy atom. The predicted molar refractivity (Wildman–Crippen MR) is 132 cm³/mol. The molecule has 0 spiro atoms. The molecule has 1 aromatic carbocycles. The largest absolute Gasteiger partial charge is 0.460 e. The Morgan fingerprint density at radius 2 is 1.53 bits per heavy atom. The molecule has 0 radical (unpaired) electrons. The summed E-state index contributed by atoms with van der Waals surface area (Å²) < 4.78 is 40.3. The SMILES string of the molecule is C=CC(=O)OCCOC1CCC(CCC2CCC(c3cc(F)c(C(C)(C)C)cc3F)CC2)CC1. The number of hydrogen-bond acceptors (Lipinski definition) is 3. The monoisotopic (exact) mass is 476 g/mol. The van der Waals surface area contributed by atoms with Crippen LogP contribution in [-0.4, -0.2) is 25.3 Å². The Bertz CT molecular complexity index is 813. The van der Waals surface area contributed by atoms with Crippen LogP contribution in [0.2, 0.25) is 0 Å². The van der Waals surface area contributed by atoms with Crippen LogP contribution in [0.3, 0.4) is 0 Å². The van der Waals surface area contributed by atoms with E-state index in [2.05, 4.69) is 6.58 Å². The molecule has 0 bridgehead atoms. The summed E-state index contributed by atoms with van der Waals surface area (Å²) in [6.45, 7) is 9.85. The normalized spacial score (nSPS) is 25.7. The van der Waals surface area contributed by atoms with Crippen LogP contribution in [0.5, 0.6) is 0 Å². The Hall–Kier alpha value is -1.75. The van der Waals surface area contributed by atoms with Crippen LogP contribution in [-0.2, 0) is 19.7 Å². The Balaban J connectivity index is 1.35. The number of carbonyl (C=O) groups excluding carboxylic acids is 1. The molecule has 0 aromatic heterocycles. The van der Waals surface area contributed by atoms with E-state index >= 15 is 0 Å². The molecule has 0 amide bonds. The lowest BCUT2D eigenvalue weighted by atomic mass is 9.74. The van der Waals surface area contributed by atoms with Gasteiger partial charge in [-0.05, 0) is 97.8 Å². The average Bonchev–Trinajstić information content (AvgIpc) is 2.82. The van der Waals surface area contributed by atoms with Crippen LogP contribution < -0.4 is 0 Å². The molecule has 0 saturated heterocycles. The van der Waals surface area contributed by atoms with Gasteiger partial charge in [-0.15, -0.1) is 0 Å². The van der Waals surface area contributed by atoms with Crippen molar-refractivity contribution in [2.75, 3.05) is 13.2 Å². The van der Waals surface area contributed by atoms with E-state index in [1.165, 1.54) is 43.9 Å². The minimum absolute atomic E-state index is 0.137. The molecule has 0 aliphatic heterocycles. The van der Waals surface area contributed by atoms with Crippen molar-refractivity contribution in [3.63, 3.8) is 0 Å². The molecule has 34 heavy (non-hydrogen) atoms. The molecule has 2 aliphatic carbocycles. The minimum atomic E-state index is -0.405. The summed E-state index contributed by atoms with van der Waals surface area (Å²) in [5, 5.41) is 0. The third-order valence-corrected chi connectivity index (χ3v) is 7.81. The fourth-order valence-electron chi connectivity index (χ4n) is 5.69. The van der Waals surface area contributed by atoms with E-state index < -0.39 is 11.4 Å². The van der Waals surface area contributed by atoms with Gasteiger partial charge in [-0.2, -0.15) is 0 Å². The Kier molecular flexibility index (Phi) is 9.70. The van der Waals surface area contributed by atoms with Crippen molar-refractivity contribution in [1.82, 2.24) is 0 Å². The molecule has 0 atom stereocenters. The van der Waals surface area contributed by atoms with Crippen molar-refractivity contribution in [3.05, 3.63) is 47.5 Å². The quantitative estimate of drug-likeness (QED) is 0.209. The van der Waals surface area contributed by atoms with Crippen molar-refractivity contribution in [2.45, 2.75) is 102 Å². The number of hydrogen-bond donors (Lipinski definition) is 0. The lowest BCUT2D eigenvalue weighted by molar-refractivity contribution is -0.140. The van der Waals surface area contributed by atoms with Crippen LogP contribution in [0.4, 0.5) is 8.78 Å². The van der Waals surface area contributed by atoms with E-state index in [1.807, 2.05) is 20.8 Å². The fraction of sp³-hybridized carbons (Fsp3) is 0.690. The molecular weight excluding hydrogens is 434 g/mol. The van der Waals surface area contributed by atoms with Crippen LogP contribution in [0.1, 0.15) is 102 Å². The van der Waals surface area contributed by atoms with Gasteiger partial charge in [-0.3, -0.25) is 0 Å². The molecule has 0 heterocycles. The summed E-state index contributed by atoms with van der Waals surface area (Å²) in [6.07, 6.45) is 12.6. The first-order chi connectivity index (χ1) is 16.2. The summed E-state index contributed by atoms with van der Waals surface area (Å²) in [7, 11) is 0. The highest BCUT2D eigenvalue weighted by molar-refractivity contribution is 5.81. The maximum Gasteiger partial charge on any atom is 0.330 e. The van der Waals surface area contributed by atoms with Gasteiger partial charge in [0.25, 0.3) is 0 Å². The summed E-state index contributed by atoms with van der Waals surface area (Å²) >= 11 is 0. The molecule has 0 unspecified atom stereocenters. The maximum atomic E-state index is 14.8. The molecule has 3 rings (SSSR count). The van der Waals surface area contributed by atoms with E-state index in [4.69, 9.17) is 9.47 Å². The molecule has 5 heteroatoms. The number of carbonyl (C=O) groups is 1. The second-order valence-corrected chi connectivity index (χ2v) is 11.3. The third kappa shape index (κ3) is 7.63. The molecule has 0 N–H and O–H groups in total. The maximum absolute atomic E-state index is 14.8. The minimum Gasteiger partial charge on any atom is -0.460 e. The van der Waals surface area contributed by atoms with Gasteiger partial charge in [0.15, 0.2) is 0 Å². The molecule has 3 nitrogen and oxygen atoms in total. The number of rotatable bonds is 9. The molecule has 190 valence electrons. The second kappa shape index (κ2) is 12.3. The number of ether oxygens (including phenoxy) is 2. The first-order valence-corrected chi connectivity index (χ1v) is 13.1. The summed E-state index contributed by atoms with van der Waals surface area (Å²) in [5.74, 6) is 0.672. The topological polar surface area (TPSA) is 35.5 Å². The lowest BCUT2D eigenvalue weighted by Gasteiger charge is -2.32. The number of esters is 1. The predicted octanol–water partition coefficient (Wildman–Crippen LogP) is 7.62. The van der Waals surface area contributed by atoms with Gasteiger partial charge < -0.3 is 9.47 Å². The molecular formula is C29H42F2O3. The van der Waals surface area contributed by atoms with E-state index in [-0.39, 0.29) is 30.3 Å². The van der Waals surface area contributed by atoms with Crippen LogP contribution >= 0.6 is 0 Å². The van der Waals surface area contributed by atoms with Crippen LogP contribution in [0.25, 0.3) is 0 Å². The first kappa shape index (κ1) is 26.8. The zero-order valence-electron chi connectivity index (χ0n) is 21.2. The van der Waals surface area contributed by atoms with Gasteiger partial charge in [0.05, 0.1) is 12.7 Å². The molecule has 2 saturated carbocycles. The standard InChI is InChI=1S/C29H42F2O3/c1-5-28(32)34-17-16-33-23-14-10-21(11-15-23)7-6-20-8-12-22(13-9-20)24-18-27(31)25(19-26(24)30)29(2,3)4/h5,18-23H,1,6-17H2,2-4H3. The zero-order valence-corrected chi connectivity index (χ0v) is 21.2. The molecule has 2 aliphatic rings. The molecule has 1 aromatic rings. The summed E-state index contributed by atoms with van der Waals surface area (Å²) in [5.41, 5.74) is 0.632. The highest BCUT2D eigenvalue weighted by Gasteiger charge is 2.28. The third-order valence-electron chi connectivity index (χ3n) is 7.81. The highest BCUT2D eigenvalue weighted by Crippen LogP contribution is 2.41. The van der Waals surface area contributed by atoms with Crippen molar-refractivity contribution in [1.29, 1.82) is 0 Å². The van der Waals surface area contributed by atoms with Gasteiger partial charge in [-0.25, -0.2) is 13.6 Å². The molecule has 2 fully saturated rings. The van der Waals surface area contributed by atoms with Gasteiger partial charge >= 0.3 is 5.97 Å². The Labute approximate surface area is 204 Å². The first-order valence-electron chi connectivity index (χ1n) is 13.1. The van der Waals surface area contributed by atoms with Crippen LogP contribution in [0, 0.1) is 23.5 Å². The number of benzene rings is 1. The number of halogens is 2. The van der Waals surface area contributed by atoms with Gasteiger partial charge in [0.1, 0.15) is 18.2 Å². The van der Waals surface area contributed by atoms with Gasteiger partial charge in [0.2, 0.25) is 0 Å². The zero-order chi connectivity index (χ0) is 24.7. The van der Waals surface area contributed by atoms with E-state index in [0.717, 1.165) is 44.4 Å². The van der Waals surface area contributed by atoms with Gasteiger partial charge in [0, 0.05) is 6.08 Å². The van der Waals surface area contributed by atoms with Crippen molar-refractivity contribution < 1.29 is 23.0 Å². The lowest BCUT2D eigenvalue weighted by Crippen LogP contribution is -2.24. The van der Waals surface area contributed by atoms with E-state index in [1.54, 1.807) is 0 Å². The summed E-state index contributed by atoms with van der Waals surface area (Å²) in [4.78, 5) is 11.0. The van der Waals surface area contributed by atoms with Gasteiger partial charge in [-0.1, -0.05) is 40.2 Å². The second-order valence-electron chi connectivity index (χ2n) is 11.3. The van der Waals surface area contributed by atoms with E-state index in [9.17, 15) is 13.6 Å². The van der Waals surface area contributed by atoms with Crippen molar-refractivity contribution in [2.24, 2.45) is 11.8 Å². The van der Waals surface area contributed by atoms with Crippen LogP contribution in [0.15, 0.2) is 24.8 Å². The van der Waals surface area contributed by atoms with E-state index in [0.29, 0.717) is 23.7 Å². The smallest absolute Gasteiger partial charge is 0.330 e. The van der Waals surface area contributed by atoms with Crippen molar-refractivity contribution in [3.8, 4) is 0 Å².